The summed E-state index contributed by atoms with van der Waals surface area (Å²) in [4.78, 5) is 24.4. The molecule has 146 valence electrons. The number of carbonyl (C=O) groups excluding carboxylic acids is 1. The van der Waals surface area contributed by atoms with Crippen LogP contribution in [0.1, 0.15) is 27.7 Å². The molecule has 0 unspecified atom stereocenters. The zero-order valence-electron chi connectivity index (χ0n) is 16.1. The number of hydrazine groups is 1. The number of aliphatic hydroxyl groups excluding tert-OH is 1. The Bertz CT molecular complexity index is 939. The van der Waals surface area contributed by atoms with Gasteiger partial charge in [-0.05, 0) is 24.1 Å². The number of benzene rings is 1. The van der Waals surface area contributed by atoms with Gasteiger partial charge in [-0.3, -0.25) is 10.2 Å². The summed E-state index contributed by atoms with van der Waals surface area (Å²) in [5.74, 6) is 0.176. The van der Waals surface area contributed by atoms with E-state index in [0.717, 1.165) is 22.4 Å². The van der Waals surface area contributed by atoms with Crippen molar-refractivity contribution in [3.63, 3.8) is 0 Å². The van der Waals surface area contributed by atoms with E-state index in [9.17, 15) is 9.90 Å². The van der Waals surface area contributed by atoms with E-state index in [1.54, 1.807) is 23.5 Å². The highest BCUT2D eigenvalue weighted by molar-refractivity contribution is 5.94. The number of rotatable bonds is 7. The molecule has 0 aliphatic carbocycles. The minimum absolute atomic E-state index is 0.187. The van der Waals surface area contributed by atoms with Gasteiger partial charge in [0, 0.05) is 32.1 Å². The molecule has 3 rings (SSSR count). The van der Waals surface area contributed by atoms with Crippen molar-refractivity contribution in [2.75, 3.05) is 26.1 Å². The molecule has 8 nitrogen and oxygen atoms in total. The number of nitrogens with one attached hydrogen (secondary N) is 3. The summed E-state index contributed by atoms with van der Waals surface area (Å²) in [5, 5.41) is 14.2. The first kappa shape index (κ1) is 19.5. The second-order valence-electron chi connectivity index (χ2n) is 6.65. The molecule has 1 atom stereocenters. The first-order chi connectivity index (χ1) is 13.5. The zero-order valence-corrected chi connectivity index (χ0v) is 16.1. The summed E-state index contributed by atoms with van der Waals surface area (Å²) < 4.78 is 0. The van der Waals surface area contributed by atoms with Crippen molar-refractivity contribution in [1.82, 2.24) is 25.3 Å². The van der Waals surface area contributed by atoms with Crippen molar-refractivity contribution in [3.8, 4) is 11.3 Å². The lowest BCUT2D eigenvalue weighted by atomic mass is 10.1. The van der Waals surface area contributed by atoms with Crippen LogP contribution in [-0.4, -0.2) is 51.7 Å². The van der Waals surface area contributed by atoms with E-state index in [0.29, 0.717) is 11.6 Å². The minimum atomic E-state index is -0.475. The molecule has 4 N–H and O–H groups in total. The average Bonchev–Trinajstić information content (AvgIpc) is 3.18. The standard InChI is InChI=1S/C20H24N6O2/c1-13-10-22-20(25-26(2)3)24-18(13)15-9-16(21-11-15)19(28)23-17(12-27)14-7-5-4-6-8-14/h4-11,17,21,27H,12H2,1-3H3,(H,23,28)(H,22,24,25)/t17-/m1/s1. The van der Waals surface area contributed by atoms with Crippen LogP contribution in [-0.2, 0) is 0 Å². The van der Waals surface area contributed by atoms with E-state index in [2.05, 4.69) is 25.7 Å². The fraction of sp³-hybridized carbons (Fsp3) is 0.250. The molecule has 2 aromatic heterocycles. The van der Waals surface area contributed by atoms with Crippen LogP contribution in [0, 0.1) is 6.92 Å². The SMILES string of the molecule is Cc1cnc(NN(C)C)nc1-c1c[nH]c(C(=O)N[C@H](CO)c2ccccc2)c1. The molecule has 2 heterocycles. The van der Waals surface area contributed by atoms with Crippen LogP contribution in [0.25, 0.3) is 11.3 Å². The second kappa shape index (κ2) is 8.64. The maximum absolute atomic E-state index is 12.6. The number of hydrogen-bond acceptors (Lipinski definition) is 6. The highest BCUT2D eigenvalue weighted by atomic mass is 16.3. The summed E-state index contributed by atoms with van der Waals surface area (Å²) in [6.07, 6.45) is 3.47. The number of H-pyrrole nitrogens is 1. The normalized spacial score (nSPS) is 12.0. The third-order valence-corrected chi connectivity index (χ3v) is 4.19. The van der Waals surface area contributed by atoms with Gasteiger partial charge in [0.1, 0.15) is 5.69 Å². The first-order valence-corrected chi connectivity index (χ1v) is 8.91. The molecule has 0 saturated heterocycles. The van der Waals surface area contributed by atoms with E-state index in [-0.39, 0.29) is 12.5 Å². The van der Waals surface area contributed by atoms with Gasteiger partial charge in [0.05, 0.1) is 18.3 Å². The Kier molecular flexibility index (Phi) is 6.03. The van der Waals surface area contributed by atoms with E-state index < -0.39 is 6.04 Å². The molecule has 3 aromatic rings. The highest BCUT2D eigenvalue weighted by Crippen LogP contribution is 2.23. The average molecular weight is 380 g/mol. The first-order valence-electron chi connectivity index (χ1n) is 8.91. The third kappa shape index (κ3) is 4.54. The third-order valence-electron chi connectivity index (χ3n) is 4.19. The van der Waals surface area contributed by atoms with Crippen LogP contribution in [0.4, 0.5) is 5.95 Å². The lowest BCUT2D eigenvalue weighted by Crippen LogP contribution is -2.30. The highest BCUT2D eigenvalue weighted by Gasteiger charge is 2.17. The Hall–Kier alpha value is -3.23. The minimum Gasteiger partial charge on any atom is -0.394 e. The van der Waals surface area contributed by atoms with Crippen molar-refractivity contribution in [1.29, 1.82) is 0 Å². The monoisotopic (exact) mass is 380 g/mol. The Morgan fingerprint density at radius 3 is 2.71 bits per heavy atom. The number of aromatic nitrogens is 3. The number of hydrogen-bond donors (Lipinski definition) is 4. The molecule has 0 saturated carbocycles. The van der Waals surface area contributed by atoms with Gasteiger partial charge < -0.3 is 15.4 Å². The lowest BCUT2D eigenvalue weighted by Gasteiger charge is -2.16. The lowest BCUT2D eigenvalue weighted by molar-refractivity contribution is 0.0912. The molecular formula is C20H24N6O2. The van der Waals surface area contributed by atoms with Gasteiger partial charge in [0.15, 0.2) is 0 Å². The van der Waals surface area contributed by atoms with Gasteiger partial charge in [0.25, 0.3) is 5.91 Å². The van der Waals surface area contributed by atoms with Gasteiger partial charge in [0.2, 0.25) is 5.95 Å². The quantitative estimate of drug-likeness (QED) is 0.468. The van der Waals surface area contributed by atoms with Crippen molar-refractivity contribution >= 4 is 11.9 Å². The second-order valence-corrected chi connectivity index (χ2v) is 6.65. The van der Waals surface area contributed by atoms with Crippen molar-refractivity contribution in [2.24, 2.45) is 0 Å². The van der Waals surface area contributed by atoms with E-state index in [1.165, 1.54) is 0 Å². The number of carbonyl (C=O) groups is 1. The van der Waals surface area contributed by atoms with Crippen LogP contribution < -0.4 is 10.7 Å². The number of aliphatic hydroxyl groups is 1. The Morgan fingerprint density at radius 1 is 1.29 bits per heavy atom. The summed E-state index contributed by atoms with van der Waals surface area (Å²) in [6.45, 7) is 1.73. The predicted molar refractivity (Wildman–Crippen MR) is 108 cm³/mol. The maximum Gasteiger partial charge on any atom is 0.268 e. The molecule has 0 bridgehead atoms. The number of aryl methyl sites for hydroxylation is 1. The van der Waals surface area contributed by atoms with Crippen LogP contribution >= 0.6 is 0 Å². The zero-order chi connectivity index (χ0) is 20.1. The molecule has 0 spiro atoms. The number of nitrogens with zero attached hydrogens (tertiary/aromatic N) is 3. The van der Waals surface area contributed by atoms with Crippen LogP contribution in [0.15, 0.2) is 48.8 Å². The topological polar surface area (TPSA) is 106 Å². The molecule has 0 aliphatic heterocycles. The van der Waals surface area contributed by atoms with Gasteiger partial charge in [-0.15, -0.1) is 0 Å². The number of anilines is 1. The fourth-order valence-electron chi connectivity index (χ4n) is 2.81. The van der Waals surface area contributed by atoms with Crippen LogP contribution in [0.2, 0.25) is 0 Å². The van der Waals surface area contributed by atoms with E-state index in [1.807, 2.05) is 51.4 Å². The fourth-order valence-corrected chi connectivity index (χ4v) is 2.81. The van der Waals surface area contributed by atoms with E-state index in [4.69, 9.17) is 0 Å². The largest absolute Gasteiger partial charge is 0.394 e. The summed E-state index contributed by atoms with van der Waals surface area (Å²) in [7, 11) is 3.71. The Morgan fingerprint density at radius 2 is 2.04 bits per heavy atom. The molecular weight excluding hydrogens is 356 g/mol. The van der Waals surface area contributed by atoms with Crippen molar-refractivity contribution in [3.05, 3.63) is 65.6 Å². The molecule has 8 heteroatoms. The molecule has 1 amide bonds. The number of amides is 1. The Balaban J connectivity index is 1.79. The smallest absolute Gasteiger partial charge is 0.268 e. The van der Waals surface area contributed by atoms with Crippen molar-refractivity contribution in [2.45, 2.75) is 13.0 Å². The molecule has 0 aliphatic rings. The van der Waals surface area contributed by atoms with Crippen LogP contribution in [0.3, 0.4) is 0 Å². The van der Waals surface area contributed by atoms with Gasteiger partial charge >= 0.3 is 0 Å². The summed E-state index contributed by atoms with van der Waals surface area (Å²) in [6, 6.07) is 10.6. The Labute approximate surface area is 163 Å². The predicted octanol–water partition coefficient (Wildman–Crippen LogP) is 2.13. The molecule has 1 aromatic carbocycles. The van der Waals surface area contributed by atoms with Gasteiger partial charge in [-0.25, -0.2) is 15.0 Å². The van der Waals surface area contributed by atoms with E-state index >= 15 is 0 Å². The van der Waals surface area contributed by atoms with Gasteiger partial charge in [-0.1, -0.05) is 30.3 Å². The van der Waals surface area contributed by atoms with Crippen LogP contribution in [0.5, 0.6) is 0 Å². The summed E-state index contributed by atoms with van der Waals surface area (Å²) >= 11 is 0. The molecule has 28 heavy (non-hydrogen) atoms. The van der Waals surface area contributed by atoms with Gasteiger partial charge in [-0.2, -0.15) is 0 Å². The number of aromatic amines is 1. The van der Waals surface area contributed by atoms with Crippen molar-refractivity contribution < 1.29 is 9.90 Å². The molecule has 0 fully saturated rings. The summed E-state index contributed by atoms with van der Waals surface area (Å²) in [5.41, 5.74) is 6.67. The maximum atomic E-state index is 12.6. The molecule has 0 radical (unpaired) electrons.